The molecule has 0 saturated heterocycles. The van der Waals surface area contributed by atoms with Crippen LogP contribution in [0.2, 0.25) is 0 Å². The summed E-state index contributed by atoms with van der Waals surface area (Å²) < 4.78 is 0. The summed E-state index contributed by atoms with van der Waals surface area (Å²) in [6, 6.07) is 3.65. The van der Waals surface area contributed by atoms with Crippen LogP contribution < -0.4 is 10.6 Å². The SMILES string of the molecule is Cc1cc(N(C)CC2CCCC2)cc(C(=O)O)c1N. The van der Waals surface area contributed by atoms with Crippen LogP contribution in [0.4, 0.5) is 11.4 Å². The summed E-state index contributed by atoms with van der Waals surface area (Å²) in [6.45, 7) is 2.84. The normalized spacial score (nSPS) is 15.7. The van der Waals surface area contributed by atoms with E-state index < -0.39 is 5.97 Å². The second kappa shape index (κ2) is 5.51. The van der Waals surface area contributed by atoms with E-state index in [1.54, 1.807) is 6.07 Å². The van der Waals surface area contributed by atoms with Crippen molar-refractivity contribution in [3.63, 3.8) is 0 Å². The van der Waals surface area contributed by atoms with E-state index in [1.807, 2.05) is 20.0 Å². The summed E-state index contributed by atoms with van der Waals surface area (Å²) in [5.41, 5.74) is 8.15. The molecule has 0 amide bonds. The van der Waals surface area contributed by atoms with Gasteiger partial charge in [0.25, 0.3) is 0 Å². The molecule has 4 nitrogen and oxygen atoms in total. The first kappa shape index (κ1) is 13.7. The lowest BCUT2D eigenvalue weighted by molar-refractivity contribution is 0.0698. The maximum Gasteiger partial charge on any atom is 0.337 e. The number of rotatable bonds is 4. The van der Waals surface area contributed by atoms with Crippen LogP contribution in [0.5, 0.6) is 0 Å². The molecule has 1 fully saturated rings. The average Bonchev–Trinajstić information content (AvgIpc) is 2.84. The summed E-state index contributed by atoms with van der Waals surface area (Å²) in [5.74, 6) is -0.229. The summed E-state index contributed by atoms with van der Waals surface area (Å²) in [6.07, 6.45) is 5.20. The monoisotopic (exact) mass is 262 g/mol. The molecule has 1 aliphatic rings. The zero-order valence-corrected chi connectivity index (χ0v) is 11.6. The van der Waals surface area contributed by atoms with Gasteiger partial charge >= 0.3 is 5.97 Å². The molecule has 19 heavy (non-hydrogen) atoms. The maximum absolute atomic E-state index is 11.2. The van der Waals surface area contributed by atoms with Crippen LogP contribution in [-0.2, 0) is 0 Å². The lowest BCUT2D eigenvalue weighted by Crippen LogP contribution is -2.24. The first-order chi connectivity index (χ1) is 8.99. The molecule has 0 heterocycles. The van der Waals surface area contributed by atoms with Crippen LogP contribution in [0, 0.1) is 12.8 Å². The van der Waals surface area contributed by atoms with Crippen LogP contribution in [0.3, 0.4) is 0 Å². The molecule has 4 heteroatoms. The predicted molar refractivity (Wildman–Crippen MR) is 77.8 cm³/mol. The first-order valence-corrected chi connectivity index (χ1v) is 6.83. The lowest BCUT2D eigenvalue weighted by Gasteiger charge is -2.24. The fourth-order valence-corrected chi connectivity index (χ4v) is 2.86. The van der Waals surface area contributed by atoms with Crippen molar-refractivity contribution in [2.75, 3.05) is 24.2 Å². The van der Waals surface area contributed by atoms with Crippen LogP contribution in [0.25, 0.3) is 0 Å². The van der Waals surface area contributed by atoms with Gasteiger partial charge in [0.1, 0.15) is 0 Å². The number of nitrogens with two attached hydrogens (primary N) is 1. The fraction of sp³-hybridized carbons (Fsp3) is 0.533. The van der Waals surface area contributed by atoms with Gasteiger partial charge in [-0.1, -0.05) is 12.8 Å². The summed E-state index contributed by atoms with van der Waals surface area (Å²) in [4.78, 5) is 13.3. The topological polar surface area (TPSA) is 66.6 Å². The van der Waals surface area contributed by atoms with Crippen molar-refractivity contribution in [3.8, 4) is 0 Å². The predicted octanol–water partition coefficient (Wildman–Crippen LogP) is 2.90. The van der Waals surface area contributed by atoms with Gasteiger partial charge in [0, 0.05) is 25.0 Å². The molecule has 0 spiro atoms. The molecule has 0 atom stereocenters. The van der Waals surface area contributed by atoms with Gasteiger partial charge in [-0.15, -0.1) is 0 Å². The van der Waals surface area contributed by atoms with Crippen molar-refractivity contribution < 1.29 is 9.90 Å². The maximum atomic E-state index is 11.2. The van der Waals surface area contributed by atoms with Gasteiger partial charge in [0.05, 0.1) is 5.56 Å². The van der Waals surface area contributed by atoms with E-state index in [2.05, 4.69) is 4.90 Å². The Morgan fingerprint density at radius 2 is 2.05 bits per heavy atom. The molecule has 1 aromatic rings. The summed E-state index contributed by atoms with van der Waals surface area (Å²) in [5, 5.41) is 9.18. The number of carbonyl (C=O) groups is 1. The number of aromatic carboxylic acids is 1. The van der Waals surface area contributed by atoms with Crippen LogP contribution in [0.15, 0.2) is 12.1 Å². The van der Waals surface area contributed by atoms with E-state index in [4.69, 9.17) is 5.73 Å². The molecule has 0 aromatic heterocycles. The third-order valence-corrected chi connectivity index (χ3v) is 4.05. The Labute approximate surface area is 114 Å². The number of anilines is 2. The number of nitrogen functional groups attached to an aromatic ring is 1. The number of hydrogen-bond donors (Lipinski definition) is 2. The van der Waals surface area contributed by atoms with Gasteiger partial charge in [-0.2, -0.15) is 0 Å². The van der Waals surface area contributed by atoms with Gasteiger partial charge in [-0.05, 0) is 43.4 Å². The fourth-order valence-electron chi connectivity index (χ4n) is 2.86. The largest absolute Gasteiger partial charge is 0.478 e. The summed E-state index contributed by atoms with van der Waals surface area (Å²) >= 11 is 0. The van der Waals surface area contributed by atoms with Crippen molar-refractivity contribution in [1.29, 1.82) is 0 Å². The number of nitrogens with zero attached hydrogens (tertiary/aromatic N) is 1. The van der Waals surface area contributed by atoms with E-state index in [-0.39, 0.29) is 5.56 Å². The second-order valence-corrected chi connectivity index (χ2v) is 5.56. The minimum absolute atomic E-state index is 0.202. The molecule has 0 radical (unpaired) electrons. The average molecular weight is 262 g/mol. The van der Waals surface area contributed by atoms with E-state index >= 15 is 0 Å². The highest BCUT2D eigenvalue weighted by atomic mass is 16.4. The van der Waals surface area contributed by atoms with Gasteiger partial charge in [0.2, 0.25) is 0 Å². The third kappa shape index (κ3) is 3.00. The number of carboxylic acid groups (broad SMARTS) is 1. The number of hydrogen-bond acceptors (Lipinski definition) is 3. The van der Waals surface area contributed by atoms with Crippen LogP contribution >= 0.6 is 0 Å². The molecule has 1 aliphatic carbocycles. The Morgan fingerprint density at radius 3 is 2.63 bits per heavy atom. The molecule has 1 aromatic carbocycles. The first-order valence-electron chi connectivity index (χ1n) is 6.83. The zero-order chi connectivity index (χ0) is 14.0. The molecule has 0 bridgehead atoms. The number of carboxylic acids is 1. The second-order valence-electron chi connectivity index (χ2n) is 5.56. The molecule has 1 saturated carbocycles. The molecule has 104 valence electrons. The van der Waals surface area contributed by atoms with Crippen molar-refractivity contribution >= 4 is 17.3 Å². The molecule has 0 aliphatic heterocycles. The lowest BCUT2D eigenvalue weighted by atomic mass is 10.0. The molecular formula is C15H22N2O2. The van der Waals surface area contributed by atoms with Crippen LogP contribution in [0.1, 0.15) is 41.6 Å². The molecule has 2 rings (SSSR count). The number of benzene rings is 1. The van der Waals surface area contributed by atoms with Crippen LogP contribution in [-0.4, -0.2) is 24.7 Å². The van der Waals surface area contributed by atoms with Gasteiger partial charge in [0.15, 0.2) is 0 Å². The minimum Gasteiger partial charge on any atom is -0.478 e. The molecular weight excluding hydrogens is 240 g/mol. The third-order valence-electron chi connectivity index (χ3n) is 4.05. The van der Waals surface area contributed by atoms with Gasteiger partial charge < -0.3 is 15.7 Å². The molecule has 0 unspecified atom stereocenters. The highest BCUT2D eigenvalue weighted by molar-refractivity contribution is 5.95. The van der Waals surface area contributed by atoms with E-state index in [0.29, 0.717) is 5.69 Å². The standard InChI is InChI=1S/C15H22N2O2/c1-10-7-12(8-13(14(10)16)15(18)19)17(2)9-11-5-3-4-6-11/h7-8,11H,3-6,9,16H2,1-2H3,(H,18,19). The smallest absolute Gasteiger partial charge is 0.337 e. The number of aryl methyl sites for hydroxylation is 1. The van der Waals surface area contributed by atoms with Gasteiger partial charge in [-0.3, -0.25) is 0 Å². The minimum atomic E-state index is -0.961. The van der Waals surface area contributed by atoms with Gasteiger partial charge in [-0.25, -0.2) is 4.79 Å². The Balaban J connectivity index is 2.21. The molecule has 3 N–H and O–H groups in total. The quantitative estimate of drug-likeness (QED) is 0.819. The Morgan fingerprint density at radius 1 is 1.42 bits per heavy atom. The van der Waals surface area contributed by atoms with E-state index in [0.717, 1.165) is 23.7 Å². The van der Waals surface area contributed by atoms with Crippen molar-refractivity contribution in [2.45, 2.75) is 32.6 Å². The Kier molecular flexibility index (Phi) is 3.98. The highest BCUT2D eigenvalue weighted by Gasteiger charge is 2.19. The zero-order valence-electron chi connectivity index (χ0n) is 11.6. The Hall–Kier alpha value is -1.71. The van der Waals surface area contributed by atoms with Crippen molar-refractivity contribution in [1.82, 2.24) is 0 Å². The van der Waals surface area contributed by atoms with E-state index in [1.165, 1.54) is 25.7 Å². The summed E-state index contributed by atoms with van der Waals surface area (Å²) in [7, 11) is 2.02. The van der Waals surface area contributed by atoms with Crippen molar-refractivity contribution in [2.24, 2.45) is 5.92 Å². The van der Waals surface area contributed by atoms with E-state index in [9.17, 15) is 9.90 Å². The Bertz CT molecular complexity index is 479. The van der Waals surface area contributed by atoms with Crippen molar-refractivity contribution in [3.05, 3.63) is 23.3 Å². The highest BCUT2D eigenvalue weighted by Crippen LogP contribution is 2.29.